The van der Waals surface area contributed by atoms with Gasteiger partial charge in [-0.05, 0) is 31.4 Å². The van der Waals surface area contributed by atoms with E-state index in [4.69, 9.17) is 9.47 Å². The lowest BCUT2D eigenvalue weighted by Crippen LogP contribution is -2.49. The maximum absolute atomic E-state index is 11.6. The molecule has 1 aliphatic heterocycles. The number of pyridine rings is 1. The zero-order valence-electron chi connectivity index (χ0n) is 11.0. The molecule has 0 aromatic carbocycles. The Balaban J connectivity index is 1.86. The van der Waals surface area contributed by atoms with Crippen LogP contribution in [0.2, 0.25) is 0 Å². The fraction of sp³-hybridized carbons (Fsp3) is 0.571. The Hall–Kier alpha value is -1.62. The zero-order valence-corrected chi connectivity index (χ0v) is 11.0. The summed E-state index contributed by atoms with van der Waals surface area (Å²) in [6.07, 6.45) is 5.44. The average Bonchev–Trinajstić information content (AvgIpc) is 2.94. The van der Waals surface area contributed by atoms with E-state index in [2.05, 4.69) is 9.88 Å². The Morgan fingerprint density at radius 2 is 2.42 bits per heavy atom. The van der Waals surface area contributed by atoms with Gasteiger partial charge in [-0.25, -0.2) is 9.78 Å². The highest BCUT2D eigenvalue weighted by Gasteiger charge is 2.36. The van der Waals surface area contributed by atoms with Crippen LogP contribution in [0.3, 0.4) is 0 Å². The Bertz CT molecular complexity index is 478. The minimum atomic E-state index is -0.320. The van der Waals surface area contributed by atoms with Gasteiger partial charge >= 0.3 is 5.97 Å². The van der Waals surface area contributed by atoms with Gasteiger partial charge in [-0.15, -0.1) is 0 Å². The molecule has 1 aromatic rings. The number of nitrogens with zero attached hydrogens (tertiary/aromatic N) is 2. The number of methoxy groups -OCH3 is 1. The van der Waals surface area contributed by atoms with Crippen molar-refractivity contribution in [2.45, 2.75) is 31.4 Å². The summed E-state index contributed by atoms with van der Waals surface area (Å²) in [5.41, 5.74) is 0.550. The molecule has 1 aliphatic carbocycles. The molecule has 1 saturated carbocycles. The molecule has 2 heterocycles. The van der Waals surface area contributed by atoms with E-state index in [1.165, 1.54) is 13.5 Å². The number of rotatable bonds is 2. The second-order valence-corrected chi connectivity index (χ2v) is 5.00. The predicted octanol–water partition coefficient (Wildman–Crippen LogP) is 1.63. The topological polar surface area (TPSA) is 51.7 Å². The monoisotopic (exact) mass is 262 g/mol. The molecule has 3 rings (SSSR count). The second kappa shape index (κ2) is 5.17. The number of esters is 1. The number of anilines is 1. The van der Waals surface area contributed by atoms with E-state index in [1.807, 2.05) is 6.07 Å². The van der Waals surface area contributed by atoms with Crippen LogP contribution in [-0.4, -0.2) is 43.4 Å². The summed E-state index contributed by atoms with van der Waals surface area (Å²) in [6.45, 7) is 1.56. The van der Waals surface area contributed by atoms with E-state index in [9.17, 15) is 4.79 Å². The number of ether oxygens (including phenoxy) is 2. The fourth-order valence-electron chi connectivity index (χ4n) is 3.03. The minimum Gasteiger partial charge on any atom is -0.465 e. The van der Waals surface area contributed by atoms with Gasteiger partial charge in [0.2, 0.25) is 0 Å². The van der Waals surface area contributed by atoms with Gasteiger partial charge < -0.3 is 14.4 Å². The van der Waals surface area contributed by atoms with Gasteiger partial charge in [0, 0.05) is 12.7 Å². The molecule has 19 heavy (non-hydrogen) atoms. The van der Waals surface area contributed by atoms with E-state index in [-0.39, 0.29) is 5.97 Å². The fourth-order valence-corrected chi connectivity index (χ4v) is 3.03. The molecule has 2 fully saturated rings. The molecular weight excluding hydrogens is 244 g/mol. The van der Waals surface area contributed by atoms with Gasteiger partial charge in [-0.2, -0.15) is 0 Å². The molecule has 2 aliphatic rings. The highest BCUT2D eigenvalue weighted by atomic mass is 16.5. The van der Waals surface area contributed by atoms with Crippen molar-refractivity contribution in [2.24, 2.45) is 0 Å². The van der Waals surface area contributed by atoms with Crippen molar-refractivity contribution in [1.29, 1.82) is 0 Å². The van der Waals surface area contributed by atoms with Crippen LogP contribution < -0.4 is 4.90 Å². The third-order valence-corrected chi connectivity index (χ3v) is 3.94. The SMILES string of the molecule is COC(=O)c1ccnc(N2CCOC3CCCC32)c1. The minimum absolute atomic E-state index is 0.317. The molecular formula is C14H18N2O3. The van der Waals surface area contributed by atoms with E-state index < -0.39 is 0 Å². The number of morpholine rings is 1. The lowest BCUT2D eigenvalue weighted by Gasteiger charge is -2.38. The van der Waals surface area contributed by atoms with E-state index in [0.29, 0.717) is 17.7 Å². The van der Waals surface area contributed by atoms with Crippen LogP contribution in [0.25, 0.3) is 0 Å². The van der Waals surface area contributed by atoms with Crippen molar-refractivity contribution < 1.29 is 14.3 Å². The Morgan fingerprint density at radius 1 is 1.53 bits per heavy atom. The molecule has 0 amide bonds. The predicted molar refractivity (Wildman–Crippen MR) is 70.3 cm³/mol. The molecule has 2 unspecified atom stereocenters. The van der Waals surface area contributed by atoms with Gasteiger partial charge in [0.25, 0.3) is 0 Å². The third kappa shape index (κ3) is 2.30. The highest BCUT2D eigenvalue weighted by molar-refractivity contribution is 5.90. The third-order valence-electron chi connectivity index (χ3n) is 3.94. The molecule has 0 spiro atoms. The molecule has 5 nitrogen and oxygen atoms in total. The Kier molecular flexibility index (Phi) is 3.38. The number of fused-ring (bicyclic) bond motifs is 1. The number of hydrogen-bond donors (Lipinski definition) is 0. The first kappa shape index (κ1) is 12.4. The standard InChI is InChI=1S/C14H18N2O3/c1-18-14(17)10-5-6-15-13(9-10)16-7-8-19-12-4-2-3-11(12)16/h5-6,9,11-12H,2-4,7-8H2,1H3. The van der Waals surface area contributed by atoms with Crippen LogP contribution in [0.5, 0.6) is 0 Å². The van der Waals surface area contributed by atoms with Gasteiger partial charge in [-0.1, -0.05) is 0 Å². The van der Waals surface area contributed by atoms with Crippen LogP contribution in [0, 0.1) is 0 Å². The first-order chi connectivity index (χ1) is 9.29. The van der Waals surface area contributed by atoms with Gasteiger partial charge in [-0.3, -0.25) is 0 Å². The zero-order chi connectivity index (χ0) is 13.2. The lowest BCUT2D eigenvalue weighted by atomic mass is 10.1. The quantitative estimate of drug-likeness (QED) is 0.758. The molecule has 0 radical (unpaired) electrons. The maximum atomic E-state index is 11.6. The molecule has 0 N–H and O–H groups in total. The first-order valence-electron chi connectivity index (χ1n) is 6.72. The average molecular weight is 262 g/mol. The van der Waals surface area contributed by atoms with Crippen molar-refractivity contribution in [3.63, 3.8) is 0 Å². The number of hydrogen-bond acceptors (Lipinski definition) is 5. The summed E-state index contributed by atoms with van der Waals surface area (Å²) in [7, 11) is 1.39. The summed E-state index contributed by atoms with van der Waals surface area (Å²) in [5, 5.41) is 0. The van der Waals surface area contributed by atoms with E-state index in [0.717, 1.165) is 31.8 Å². The van der Waals surface area contributed by atoms with Crippen molar-refractivity contribution >= 4 is 11.8 Å². The van der Waals surface area contributed by atoms with Crippen LogP contribution in [0.1, 0.15) is 29.6 Å². The van der Waals surface area contributed by atoms with Crippen molar-refractivity contribution in [1.82, 2.24) is 4.98 Å². The van der Waals surface area contributed by atoms with Crippen LogP contribution in [0.4, 0.5) is 5.82 Å². The highest BCUT2D eigenvalue weighted by Crippen LogP contribution is 2.32. The normalized spacial score (nSPS) is 26.1. The Labute approximate surface area is 112 Å². The number of aromatic nitrogens is 1. The molecule has 5 heteroatoms. The summed E-state index contributed by atoms with van der Waals surface area (Å²) in [6, 6.07) is 3.89. The summed E-state index contributed by atoms with van der Waals surface area (Å²) in [4.78, 5) is 18.3. The van der Waals surface area contributed by atoms with Crippen molar-refractivity contribution in [2.75, 3.05) is 25.2 Å². The Morgan fingerprint density at radius 3 is 3.26 bits per heavy atom. The van der Waals surface area contributed by atoms with E-state index in [1.54, 1.807) is 12.3 Å². The molecule has 102 valence electrons. The van der Waals surface area contributed by atoms with Gasteiger partial charge in [0.05, 0.1) is 31.4 Å². The maximum Gasteiger partial charge on any atom is 0.338 e. The molecule has 0 bridgehead atoms. The second-order valence-electron chi connectivity index (χ2n) is 5.00. The summed E-state index contributed by atoms with van der Waals surface area (Å²) >= 11 is 0. The lowest BCUT2D eigenvalue weighted by molar-refractivity contribution is 0.0253. The van der Waals surface area contributed by atoms with Crippen LogP contribution in [0.15, 0.2) is 18.3 Å². The van der Waals surface area contributed by atoms with Gasteiger partial charge in [0.1, 0.15) is 5.82 Å². The molecule has 1 saturated heterocycles. The molecule has 1 aromatic heterocycles. The largest absolute Gasteiger partial charge is 0.465 e. The van der Waals surface area contributed by atoms with Gasteiger partial charge in [0.15, 0.2) is 0 Å². The number of carbonyl (C=O) groups excluding carboxylic acids is 1. The molecule has 2 atom stereocenters. The van der Waals surface area contributed by atoms with Crippen molar-refractivity contribution in [3.8, 4) is 0 Å². The first-order valence-corrected chi connectivity index (χ1v) is 6.72. The number of carbonyl (C=O) groups is 1. The van der Waals surface area contributed by atoms with Crippen LogP contribution in [-0.2, 0) is 9.47 Å². The summed E-state index contributed by atoms with van der Waals surface area (Å²) < 4.78 is 10.5. The smallest absolute Gasteiger partial charge is 0.338 e. The van der Waals surface area contributed by atoms with E-state index >= 15 is 0 Å². The summed E-state index contributed by atoms with van der Waals surface area (Å²) in [5.74, 6) is 0.531. The van der Waals surface area contributed by atoms with Crippen LogP contribution >= 0.6 is 0 Å². The van der Waals surface area contributed by atoms with Crippen molar-refractivity contribution in [3.05, 3.63) is 23.9 Å².